The summed E-state index contributed by atoms with van der Waals surface area (Å²) in [7, 11) is 4.03. The van der Waals surface area contributed by atoms with E-state index in [0.717, 1.165) is 25.7 Å². The van der Waals surface area contributed by atoms with Gasteiger partial charge in [-0.25, -0.2) is 0 Å². The third-order valence-electron chi connectivity index (χ3n) is 4.17. The van der Waals surface area contributed by atoms with Gasteiger partial charge in [0.1, 0.15) is 0 Å². The molecule has 1 atom stereocenters. The van der Waals surface area contributed by atoms with Crippen LogP contribution in [-0.4, -0.2) is 75.4 Å². The molecule has 0 radical (unpaired) electrons. The molecule has 0 bridgehead atoms. The standard InChI is InChI=1S/C14H29N3O/c1-16(9-10-17-7-3-4-8-17)14(12-18-2)11-15-13-5-6-13/h13-15H,3-12H2,1-2H3. The molecule has 0 aromatic carbocycles. The van der Waals surface area contributed by atoms with Gasteiger partial charge in [0.05, 0.1) is 6.61 Å². The molecule has 0 aromatic rings. The first-order chi connectivity index (χ1) is 8.79. The van der Waals surface area contributed by atoms with Crippen molar-refractivity contribution in [2.45, 2.75) is 37.8 Å². The number of methoxy groups -OCH3 is 1. The minimum absolute atomic E-state index is 0.512. The number of nitrogens with one attached hydrogen (secondary N) is 1. The average molecular weight is 255 g/mol. The summed E-state index contributed by atoms with van der Waals surface area (Å²) in [5.41, 5.74) is 0. The van der Waals surface area contributed by atoms with Gasteiger partial charge in [-0.2, -0.15) is 0 Å². The number of rotatable bonds is 9. The van der Waals surface area contributed by atoms with Crippen molar-refractivity contribution < 1.29 is 4.74 Å². The van der Waals surface area contributed by atoms with Gasteiger partial charge in [-0.05, 0) is 45.8 Å². The van der Waals surface area contributed by atoms with Gasteiger partial charge in [0.2, 0.25) is 0 Å². The fourth-order valence-electron chi connectivity index (χ4n) is 2.61. The van der Waals surface area contributed by atoms with E-state index < -0.39 is 0 Å². The maximum atomic E-state index is 5.35. The Kier molecular flexibility index (Phi) is 5.89. The summed E-state index contributed by atoms with van der Waals surface area (Å²) in [5.74, 6) is 0. The first-order valence-electron chi connectivity index (χ1n) is 7.44. The Morgan fingerprint density at radius 3 is 2.67 bits per heavy atom. The monoisotopic (exact) mass is 255 g/mol. The van der Waals surface area contributed by atoms with Gasteiger partial charge in [-0.1, -0.05) is 0 Å². The zero-order valence-corrected chi connectivity index (χ0v) is 12.0. The van der Waals surface area contributed by atoms with Gasteiger partial charge in [-0.3, -0.25) is 4.90 Å². The highest BCUT2D eigenvalue weighted by molar-refractivity contribution is 4.84. The van der Waals surface area contributed by atoms with E-state index in [4.69, 9.17) is 4.74 Å². The molecule has 4 nitrogen and oxygen atoms in total. The van der Waals surface area contributed by atoms with Crippen LogP contribution in [0.4, 0.5) is 0 Å². The summed E-state index contributed by atoms with van der Waals surface area (Å²) in [6, 6.07) is 1.30. The molecule has 4 heteroatoms. The number of ether oxygens (including phenoxy) is 1. The molecule has 106 valence electrons. The average Bonchev–Trinajstić information content (AvgIpc) is 3.05. The molecule has 0 amide bonds. The fraction of sp³-hybridized carbons (Fsp3) is 1.00. The quantitative estimate of drug-likeness (QED) is 0.659. The van der Waals surface area contributed by atoms with E-state index in [2.05, 4.69) is 22.2 Å². The molecule has 1 aliphatic heterocycles. The highest BCUT2D eigenvalue weighted by Crippen LogP contribution is 2.18. The van der Waals surface area contributed by atoms with Gasteiger partial charge in [0.25, 0.3) is 0 Å². The van der Waals surface area contributed by atoms with E-state index in [1.807, 2.05) is 0 Å². The second-order valence-electron chi connectivity index (χ2n) is 5.82. The van der Waals surface area contributed by atoms with Crippen molar-refractivity contribution in [3.8, 4) is 0 Å². The van der Waals surface area contributed by atoms with Crippen LogP contribution in [-0.2, 0) is 4.74 Å². The lowest BCUT2D eigenvalue weighted by Gasteiger charge is -2.29. The van der Waals surface area contributed by atoms with Crippen LogP contribution >= 0.6 is 0 Å². The molecule has 2 fully saturated rings. The van der Waals surface area contributed by atoms with Crippen molar-refractivity contribution in [3.05, 3.63) is 0 Å². The molecule has 1 saturated carbocycles. The van der Waals surface area contributed by atoms with Crippen LogP contribution in [0, 0.1) is 0 Å². The Hall–Kier alpha value is -0.160. The minimum atomic E-state index is 0.512. The van der Waals surface area contributed by atoms with Crippen LogP contribution in [0.5, 0.6) is 0 Å². The molecule has 18 heavy (non-hydrogen) atoms. The smallest absolute Gasteiger partial charge is 0.0630 e. The Labute approximate surface area is 112 Å². The highest BCUT2D eigenvalue weighted by Gasteiger charge is 2.23. The van der Waals surface area contributed by atoms with Gasteiger partial charge in [-0.15, -0.1) is 0 Å². The summed E-state index contributed by atoms with van der Waals surface area (Å²) in [6.07, 6.45) is 5.48. The predicted octanol–water partition coefficient (Wildman–Crippen LogP) is 0.781. The lowest BCUT2D eigenvalue weighted by Crippen LogP contribution is -2.46. The van der Waals surface area contributed by atoms with Crippen molar-refractivity contribution in [3.63, 3.8) is 0 Å². The van der Waals surface area contributed by atoms with E-state index in [1.54, 1.807) is 7.11 Å². The van der Waals surface area contributed by atoms with Crippen LogP contribution in [0.15, 0.2) is 0 Å². The van der Waals surface area contributed by atoms with Crippen molar-refractivity contribution in [2.75, 3.05) is 53.5 Å². The topological polar surface area (TPSA) is 27.7 Å². The molecule has 1 heterocycles. The summed E-state index contributed by atoms with van der Waals surface area (Å²) >= 11 is 0. The molecular formula is C14H29N3O. The second kappa shape index (κ2) is 7.43. The number of hydrogen-bond donors (Lipinski definition) is 1. The van der Waals surface area contributed by atoms with Crippen LogP contribution in [0.3, 0.4) is 0 Å². The fourth-order valence-corrected chi connectivity index (χ4v) is 2.61. The number of likely N-dealkylation sites (tertiary alicyclic amines) is 1. The third kappa shape index (κ3) is 4.84. The Bertz CT molecular complexity index is 227. The highest BCUT2D eigenvalue weighted by atomic mass is 16.5. The van der Waals surface area contributed by atoms with E-state index >= 15 is 0 Å². The summed E-state index contributed by atoms with van der Waals surface area (Å²) < 4.78 is 5.35. The normalized spacial score (nSPS) is 22.8. The summed E-state index contributed by atoms with van der Waals surface area (Å²) in [6.45, 7) is 6.85. The number of nitrogens with zero attached hydrogens (tertiary/aromatic N) is 2. The Morgan fingerprint density at radius 1 is 1.33 bits per heavy atom. The maximum Gasteiger partial charge on any atom is 0.0630 e. The lowest BCUT2D eigenvalue weighted by molar-refractivity contribution is 0.0989. The second-order valence-corrected chi connectivity index (χ2v) is 5.82. The number of hydrogen-bond acceptors (Lipinski definition) is 4. The van der Waals surface area contributed by atoms with Crippen LogP contribution in [0.25, 0.3) is 0 Å². The largest absolute Gasteiger partial charge is 0.383 e. The molecule has 2 aliphatic rings. The van der Waals surface area contributed by atoms with E-state index in [9.17, 15) is 0 Å². The van der Waals surface area contributed by atoms with E-state index in [0.29, 0.717) is 6.04 Å². The van der Waals surface area contributed by atoms with E-state index in [1.165, 1.54) is 45.3 Å². The van der Waals surface area contributed by atoms with Gasteiger partial charge in [0, 0.05) is 38.8 Å². The maximum absolute atomic E-state index is 5.35. The third-order valence-corrected chi connectivity index (χ3v) is 4.17. The van der Waals surface area contributed by atoms with Crippen LogP contribution in [0.2, 0.25) is 0 Å². The SMILES string of the molecule is COCC(CNC1CC1)N(C)CCN1CCCC1. The predicted molar refractivity (Wildman–Crippen MR) is 75.0 cm³/mol. The van der Waals surface area contributed by atoms with E-state index in [-0.39, 0.29) is 0 Å². The molecule has 0 spiro atoms. The molecular weight excluding hydrogens is 226 g/mol. The molecule has 2 rings (SSSR count). The first-order valence-corrected chi connectivity index (χ1v) is 7.44. The summed E-state index contributed by atoms with van der Waals surface area (Å²) in [4.78, 5) is 5.03. The van der Waals surface area contributed by atoms with Gasteiger partial charge < -0.3 is 15.0 Å². The molecule has 1 unspecified atom stereocenters. The van der Waals surface area contributed by atoms with Gasteiger partial charge >= 0.3 is 0 Å². The minimum Gasteiger partial charge on any atom is -0.383 e. The van der Waals surface area contributed by atoms with Gasteiger partial charge in [0.15, 0.2) is 0 Å². The van der Waals surface area contributed by atoms with Crippen molar-refractivity contribution >= 4 is 0 Å². The Morgan fingerprint density at radius 2 is 2.06 bits per heavy atom. The zero-order valence-electron chi connectivity index (χ0n) is 12.0. The van der Waals surface area contributed by atoms with Crippen molar-refractivity contribution in [1.29, 1.82) is 0 Å². The van der Waals surface area contributed by atoms with Crippen molar-refractivity contribution in [2.24, 2.45) is 0 Å². The first kappa shape index (κ1) is 14.3. The number of likely N-dealkylation sites (N-methyl/N-ethyl adjacent to an activating group) is 1. The molecule has 1 aliphatic carbocycles. The zero-order chi connectivity index (χ0) is 12.8. The summed E-state index contributed by atoms with van der Waals surface area (Å²) in [5, 5.41) is 3.62. The Balaban J connectivity index is 1.65. The van der Waals surface area contributed by atoms with Crippen LogP contribution in [0.1, 0.15) is 25.7 Å². The van der Waals surface area contributed by atoms with Crippen molar-refractivity contribution in [1.82, 2.24) is 15.1 Å². The molecule has 0 aromatic heterocycles. The molecule has 1 N–H and O–H groups in total. The lowest BCUT2D eigenvalue weighted by atomic mass is 10.2. The molecule has 1 saturated heterocycles. The van der Waals surface area contributed by atoms with Crippen LogP contribution < -0.4 is 5.32 Å².